The Morgan fingerprint density at radius 2 is 2.00 bits per heavy atom. The first-order valence-corrected chi connectivity index (χ1v) is 5.25. The highest BCUT2D eigenvalue weighted by Crippen LogP contribution is 2.17. The Balaban J connectivity index is 2.37. The Hall–Kier alpha value is -1.00. The van der Waals surface area contributed by atoms with Crippen molar-refractivity contribution in [2.45, 2.75) is 0 Å². The fourth-order valence-electron chi connectivity index (χ4n) is 1.69. The summed E-state index contributed by atoms with van der Waals surface area (Å²) in [6.07, 6.45) is 0. The van der Waals surface area contributed by atoms with Gasteiger partial charge in [-0.15, -0.1) is 0 Å². The number of ether oxygens (including phenoxy) is 1. The lowest BCUT2D eigenvalue weighted by molar-refractivity contribution is 0.122. The van der Waals surface area contributed by atoms with Crippen LogP contribution in [0.4, 0.5) is 5.82 Å². The van der Waals surface area contributed by atoms with Gasteiger partial charge in [-0.05, 0) is 6.07 Å². The summed E-state index contributed by atoms with van der Waals surface area (Å²) in [6, 6.07) is 3.24. The standard InChI is InChI=1S/C10H13ClN2O2/c1-12-9(6-8(11)7-10(12)14)13-2-4-15-5-3-13/h6-7H,2-5H2,1H3. The van der Waals surface area contributed by atoms with E-state index in [-0.39, 0.29) is 5.56 Å². The first-order valence-electron chi connectivity index (χ1n) is 4.88. The minimum absolute atomic E-state index is 0.0796. The molecular weight excluding hydrogens is 216 g/mol. The molecule has 1 aliphatic rings. The Kier molecular flexibility index (Phi) is 2.98. The summed E-state index contributed by atoms with van der Waals surface area (Å²) in [5.41, 5.74) is -0.0796. The van der Waals surface area contributed by atoms with Gasteiger partial charge in [0.1, 0.15) is 5.82 Å². The van der Waals surface area contributed by atoms with Gasteiger partial charge in [0.25, 0.3) is 5.56 Å². The molecule has 0 radical (unpaired) electrons. The molecule has 5 heteroatoms. The topological polar surface area (TPSA) is 34.5 Å². The smallest absolute Gasteiger partial charge is 0.253 e. The predicted octanol–water partition coefficient (Wildman–Crippen LogP) is 0.875. The van der Waals surface area contributed by atoms with E-state index in [0.29, 0.717) is 18.2 Å². The molecule has 1 fully saturated rings. The first-order chi connectivity index (χ1) is 7.18. The molecule has 0 spiro atoms. The van der Waals surface area contributed by atoms with Crippen molar-refractivity contribution < 1.29 is 4.74 Å². The molecule has 0 N–H and O–H groups in total. The molecule has 1 aliphatic heterocycles. The lowest BCUT2D eigenvalue weighted by atomic mass is 10.3. The molecule has 15 heavy (non-hydrogen) atoms. The fraction of sp³-hybridized carbons (Fsp3) is 0.500. The molecule has 4 nitrogen and oxygen atoms in total. The van der Waals surface area contributed by atoms with Gasteiger partial charge in [-0.1, -0.05) is 11.6 Å². The average Bonchev–Trinajstić information content (AvgIpc) is 2.24. The maximum Gasteiger partial charge on any atom is 0.253 e. The van der Waals surface area contributed by atoms with Crippen LogP contribution in [-0.2, 0) is 11.8 Å². The van der Waals surface area contributed by atoms with Gasteiger partial charge < -0.3 is 9.64 Å². The van der Waals surface area contributed by atoms with Crippen LogP contribution in [-0.4, -0.2) is 30.9 Å². The molecule has 0 bridgehead atoms. The molecule has 0 unspecified atom stereocenters. The van der Waals surface area contributed by atoms with E-state index >= 15 is 0 Å². The highest BCUT2D eigenvalue weighted by atomic mass is 35.5. The molecule has 2 heterocycles. The van der Waals surface area contributed by atoms with Gasteiger partial charge in [-0.25, -0.2) is 0 Å². The van der Waals surface area contributed by atoms with Gasteiger partial charge in [-0.3, -0.25) is 9.36 Å². The molecule has 0 aliphatic carbocycles. The number of nitrogens with zero attached hydrogens (tertiary/aromatic N) is 2. The molecule has 2 rings (SSSR count). The molecule has 82 valence electrons. The number of hydrogen-bond acceptors (Lipinski definition) is 3. The van der Waals surface area contributed by atoms with E-state index in [0.717, 1.165) is 18.9 Å². The average molecular weight is 229 g/mol. The summed E-state index contributed by atoms with van der Waals surface area (Å²) in [5, 5.41) is 0.486. The van der Waals surface area contributed by atoms with E-state index in [1.165, 1.54) is 6.07 Å². The van der Waals surface area contributed by atoms with E-state index in [2.05, 4.69) is 4.90 Å². The summed E-state index contributed by atoms with van der Waals surface area (Å²) in [4.78, 5) is 13.6. The van der Waals surface area contributed by atoms with Crippen molar-refractivity contribution >= 4 is 17.4 Å². The maximum absolute atomic E-state index is 11.5. The van der Waals surface area contributed by atoms with Crippen LogP contribution < -0.4 is 10.5 Å². The van der Waals surface area contributed by atoms with E-state index in [9.17, 15) is 4.79 Å². The van der Waals surface area contributed by atoms with Crippen molar-refractivity contribution in [2.24, 2.45) is 7.05 Å². The summed E-state index contributed by atoms with van der Waals surface area (Å²) in [7, 11) is 1.75. The summed E-state index contributed by atoms with van der Waals surface area (Å²) >= 11 is 5.87. The van der Waals surface area contributed by atoms with Crippen molar-refractivity contribution in [3.8, 4) is 0 Å². The highest BCUT2D eigenvalue weighted by Gasteiger charge is 2.14. The zero-order valence-corrected chi connectivity index (χ0v) is 9.33. The molecule has 1 aromatic rings. The second-order valence-corrected chi connectivity index (χ2v) is 3.96. The zero-order chi connectivity index (χ0) is 10.8. The highest BCUT2D eigenvalue weighted by molar-refractivity contribution is 6.30. The van der Waals surface area contributed by atoms with Crippen LogP contribution in [0.1, 0.15) is 0 Å². The fourth-order valence-corrected chi connectivity index (χ4v) is 1.88. The monoisotopic (exact) mass is 228 g/mol. The van der Waals surface area contributed by atoms with Gasteiger partial charge in [0.05, 0.1) is 13.2 Å². The van der Waals surface area contributed by atoms with Crippen LogP contribution in [0.2, 0.25) is 5.02 Å². The Bertz CT molecular complexity index is 410. The molecular formula is C10H13ClN2O2. The lowest BCUT2D eigenvalue weighted by Gasteiger charge is -2.30. The maximum atomic E-state index is 11.5. The molecule has 0 atom stereocenters. The largest absolute Gasteiger partial charge is 0.378 e. The quantitative estimate of drug-likeness (QED) is 0.716. The van der Waals surface area contributed by atoms with E-state index in [4.69, 9.17) is 16.3 Å². The molecule has 1 saturated heterocycles. The van der Waals surface area contributed by atoms with E-state index < -0.39 is 0 Å². The number of halogens is 1. The van der Waals surface area contributed by atoms with Gasteiger partial charge in [0.2, 0.25) is 0 Å². The Morgan fingerprint density at radius 3 is 2.67 bits per heavy atom. The molecule has 0 amide bonds. The Labute approximate surface area is 93.0 Å². The van der Waals surface area contributed by atoms with Crippen LogP contribution in [0.25, 0.3) is 0 Å². The SMILES string of the molecule is Cn1c(N2CCOCC2)cc(Cl)cc1=O. The molecule has 0 aromatic carbocycles. The minimum atomic E-state index is -0.0796. The van der Waals surface area contributed by atoms with Crippen molar-refractivity contribution in [3.05, 3.63) is 27.5 Å². The molecule has 1 aromatic heterocycles. The van der Waals surface area contributed by atoms with Gasteiger partial charge >= 0.3 is 0 Å². The van der Waals surface area contributed by atoms with Crippen LogP contribution in [0.15, 0.2) is 16.9 Å². The normalized spacial score (nSPS) is 16.8. The first kappa shape index (κ1) is 10.5. The van der Waals surface area contributed by atoms with Crippen molar-refractivity contribution in [2.75, 3.05) is 31.2 Å². The van der Waals surface area contributed by atoms with Gasteiger partial charge in [-0.2, -0.15) is 0 Å². The number of hydrogen-bond donors (Lipinski definition) is 0. The summed E-state index contributed by atoms with van der Waals surface area (Å²) in [6.45, 7) is 2.99. The minimum Gasteiger partial charge on any atom is -0.378 e. The van der Waals surface area contributed by atoms with Crippen LogP contribution >= 0.6 is 11.6 Å². The van der Waals surface area contributed by atoms with Crippen LogP contribution in [0, 0.1) is 0 Å². The summed E-state index contributed by atoms with van der Waals surface area (Å²) in [5.74, 6) is 0.857. The molecule has 0 saturated carbocycles. The van der Waals surface area contributed by atoms with Gasteiger partial charge in [0.15, 0.2) is 0 Å². The third kappa shape index (κ3) is 2.16. The second-order valence-electron chi connectivity index (χ2n) is 3.53. The van der Waals surface area contributed by atoms with Crippen molar-refractivity contribution in [1.82, 2.24) is 4.57 Å². The van der Waals surface area contributed by atoms with Crippen molar-refractivity contribution in [1.29, 1.82) is 0 Å². The third-order valence-electron chi connectivity index (χ3n) is 2.54. The van der Waals surface area contributed by atoms with Gasteiger partial charge in [0, 0.05) is 31.2 Å². The zero-order valence-electron chi connectivity index (χ0n) is 8.57. The van der Waals surface area contributed by atoms with Crippen molar-refractivity contribution in [3.63, 3.8) is 0 Å². The predicted molar refractivity (Wildman–Crippen MR) is 59.7 cm³/mol. The lowest BCUT2D eigenvalue weighted by Crippen LogP contribution is -2.39. The number of anilines is 1. The van der Waals surface area contributed by atoms with Crippen LogP contribution in [0.3, 0.4) is 0 Å². The number of pyridine rings is 1. The number of rotatable bonds is 1. The van der Waals surface area contributed by atoms with Crippen LogP contribution in [0.5, 0.6) is 0 Å². The number of morpholine rings is 1. The number of aromatic nitrogens is 1. The van der Waals surface area contributed by atoms with E-state index in [1.807, 2.05) is 6.07 Å². The Morgan fingerprint density at radius 1 is 1.33 bits per heavy atom. The van der Waals surface area contributed by atoms with E-state index in [1.54, 1.807) is 11.6 Å². The second kappa shape index (κ2) is 4.24. The summed E-state index contributed by atoms with van der Waals surface area (Å²) < 4.78 is 6.87. The third-order valence-corrected chi connectivity index (χ3v) is 2.76.